The molecule has 0 bridgehead atoms. The van der Waals surface area contributed by atoms with E-state index in [9.17, 15) is 24.0 Å². The number of aromatic nitrogens is 2. The highest BCUT2D eigenvalue weighted by Crippen LogP contribution is 2.52. The fourth-order valence-electron chi connectivity index (χ4n) is 4.89. The van der Waals surface area contributed by atoms with Crippen molar-refractivity contribution in [3.63, 3.8) is 0 Å². The lowest BCUT2D eigenvalue weighted by Gasteiger charge is -2.37. The van der Waals surface area contributed by atoms with E-state index in [0.29, 0.717) is 5.69 Å². The monoisotopic (exact) mass is 472 g/mol. The Kier molecular flexibility index (Phi) is 6.13. The maximum Gasteiger partial charge on any atom is 0.331 e. The van der Waals surface area contributed by atoms with Crippen molar-refractivity contribution in [2.45, 2.75) is 57.1 Å². The van der Waals surface area contributed by atoms with Gasteiger partial charge in [0.05, 0.1) is 0 Å². The molecule has 1 aromatic heterocycles. The van der Waals surface area contributed by atoms with Gasteiger partial charge in [0, 0.05) is 38.4 Å². The molecule has 11 heteroatoms. The first-order valence-corrected chi connectivity index (χ1v) is 10.7. The topological polar surface area (TPSA) is 143 Å². The molecule has 1 N–H and O–H groups in total. The molecule has 0 unspecified atom stereocenters. The normalized spacial score (nSPS) is 27.3. The van der Waals surface area contributed by atoms with Crippen molar-refractivity contribution in [2.24, 2.45) is 0 Å². The van der Waals surface area contributed by atoms with Gasteiger partial charge in [-0.15, -0.1) is 0 Å². The van der Waals surface area contributed by atoms with E-state index in [1.165, 1.54) is 31.4 Å². The number of ether oxygens (including phenoxy) is 4. The third-order valence-electron chi connectivity index (χ3n) is 5.94. The summed E-state index contributed by atoms with van der Waals surface area (Å²) in [6.07, 6.45) is -3.34. The maximum atomic E-state index is 13.1. The lowest BCUT2D eigenvalue weighted by molar-refractivity contribution is -0.185. The van der Waals surface area contributed by atoms with Gasteiger partial charge in [-0.2, -0.15) is 0 Å². The van der Waals surface area contributed by atoms with Crippen molar-refractivity contribution in [2.75, 3.05) is 6.61 Å². The van der Waals surface area contributed by atoms with Crippen LogP contribution in [0.4, 0.5) is 0 Å². The average Bonchev–Trinajstić information content (AvgIpc) is 3.22. The van der Waals surface area contributed by atoms with Crippen LogP contribution in [0.1, 0.15) is 37.9 Å². The smallest absolute Gasteiger partial charge is 0.331 e. The first-order chi connectivity index (χ1) is 16.1. The minimum Gasteiger partial charge on any atom is -0.463 e. The van der Waals surface area contributed by atoms with Crippen molar-refractivity contribution in [1.29, 1.82) is 0 Å². The Bertz CT molecular complexity index is 1230. The lowest BCUT2D eigenvalue weighted by atomic mass is 9.84. The van der Waals surface area contributed by atoms with Gasteiger partial charge in [-0.25, -0.2) is 4.79 Å². The minimum atomic E-state index is -1.69. The van der Waals surface area contributed by atoms with E-state index in [2.05, 4.69) is 4.98 Å². The van der Waals surface area contributed by atoms with E-state index in [0.717, 1.165) is 5.56 Å². The summed E-state index contributed by atoms with van der Waals surface area (Å²) in [4.78, 5) is 63.1. The van der Waals surface area contributed by atoms with Crippen molar-refractivity contribution in [3.05, 3.63) is 68.5 Å². The molecule has 0 saturated carbocycles. The summed E-state index contributed by atoms with van der Waals surface area (Å²) in [5.74, 6) is -2.58. The van der Waals surface area contributed by atoms with Crippen LogP contribution in [-0.2, 0) is 45.5 Å². The maximum absolute atomic E-state index is 13.1. The second-order valence-electron chi connectivity index (χ2n) is 8.25. The highest BCUT2D eigenvalue weighted by molar-refractivity contribution is 5.68. The molecule has 2 aromatic rings. The zero-order chi connectivity index (χ0) is 24.6. The van der Waals surface area contributed by atoms with Crippen molar-refractivity contribution in [3.8, 4) is 0 Å². The molecule has 4 rings (SSSR count). The van der Waals surface area contributed by atoms with Crippen molar-refractivity contribution in [1.82, 2.24) is 9.55 Å². The predicted octanol–water partition coefficient (Wildman–Crippen LogP) is 0.355. The molecule has 1 fully saturated rings. The summed E-state index contributed by atoms with van der Waals surface area (Å²) < 4.78 is 23.9. The van der Waals surface area contributed by atoms with Gasteiger partial charge in [0.1, 0.15) is 12.7 Å². The van der Waals surface area contributed by atoms with Crippen LogP contribution >= 0.6 is 0 Å². The van der Waals surface area contributed by atoms with Gasteiger partial charge in [-0.1, -0.05) is 30.3 Å². The molecule has 0 radical (unpaired) electrons. The molecule has 1 spiro atoms. The molecule has 0 amide bonds. The Labute approximate surface area is 193 Å². The SMILES string of the molecule is CC(=O)OC[C@H]1O[C@@]2([C@@H](c3ccccc3)Cc3cc(=O)[nH]c(=O)n32)[C@@H](OC(C)=O)[C@@H]1OC(C)=O. The minimum absolute atomic E-state index is 0.202. The molecule has 11 nitrogen and oxygen atoms in total. The molecular formula is C23H24N2O9. The molecular weight excluding hydrogens is 448 g/mol. The van der Waals surface area contributed by atoms with Crippen molar-refractivity contribution >= 4 is 17.9 Å². The largest absolute Gasteiger partial charge is 0.463 e. The van der Waals surface area contributed by atoms with E-state index in [1.54, 1.807) is 12.1 Å². The van der Waals surface area contributed by atoms with E-state index < -0.39 is 59.1 Å². The third kappa shape index (κ3) is 4.03. The second kappa shape index (κ2) is 8.90. The number of carbonyl (C=O) groups excluding carboxylic acids is 3. The zero-order valence-corrected chi connectivity index (χ0v) is 18.8. The highest BCUT2D eigenvalue weighted by Gasteiger charge is 2.67. The number of nitrogens with zero attached hydrogens (tertiary/aromatic N) is 1. The zero-order valence-electron chi connectivity index (χ0n) is 18.8. The number of H-pyrrole nitrogens is 1. The third-order valence-corrected chi connectivity index (χ3v) is 5.94. The Morgan fingerprint density at radius 3 is 2.35 bits per heavy atom. The molecule has 3 heterocycles. The molecule has 2 aliphatic heterocycles. The number of hydrogen-bond acceptors (Lipinski definition) is 9. The van der Waals surface area contributed by atoms with Crippen LogP contribution < -0.4 is 11.2 Å². The molecule has 5 atom stereocenters. The number of esters is 3. The molecule has 180 valence electrons. The molecule has 34 heavy (non-hydrogen) atoms. The fraction of sp³-hybridized carbons (Fsp3) is 0.435. The van der Waals surface area contributed by atoms with Gasteiger partial charge in [0.25, 0.3) is 5.56 Å². The molecule has 1 saturated heterocycles. The molecule has 0 aliphatic carbocycles. The Hall–Kier alpha value is -3.73. The standard InChI is InChI=1S/C23H24N2O9/c1-12(26)31-11-18-20(32-13(2)27)21(33-14(3)28)23(34-18)17(15-7-5-4-6-8-15)9-16-10-19(29)24-22(30)25(16)23/h4-8,10,17-18,20-21H,9,11H2,1-3H3,(H,24,29,30)/t17-,18-,20-,21+,23+/m1/s1. The van der Waals surface area contributed by atoms with Gasteiger partial charge >= 0.3 is 23.6 Å². The quantitative estimate of drug-likeness (QED) is 0.482. The Morgan fingerprint density at radius 2 is 1.74 bits per heavy atom. The predicted molar refractivity (Wildman–Crippen MR) is 115 cm³/mol. The summed E-state index contributed by atoms with van der Waals surface area (Å²) in [5.41, 5.74) is -1.95. The van der Waals surface area contributed by atoms with Crippen LogP contribution in [0.2, 0.25) is 0 Å². The van der Waals surface area contributed by atoms with Gasteiger partial charge < -0.3 is 18.9 Å². The molecule has 1 aromatic carbocycles. The summed E-state index contributed by atoms with van der Waals surface area (Å²) >= 11 is 0. The van der Waals surface area contributed by atoms with Gasteiger partial charge in [0.2, 0.25) is 0 Å². The number of benzene rings is 1. The number of carbonyl (C=O) groups is 3. The number of aromatic amines is 1. The van der Waals surface area contributed by atoms with Crippen molar-refractivity contribution < 1.29 is 33.3 Å². The van der Waals surface area contributed by atoms with E-state index in [4.69, 9.17) is 18.9 Å². The van der Waals surface area contributed by atoms with Crippen LogP contribution in [0.5, 0.6) is 0 Å². The Morgan fingerprint density at radius 1 is 1.06 bits per heavy atom. The summed E-state index contributed by atoms with van der Waals surface area (Å²) in [6, 6.07) is 10.3. The van der Waals surface area contributed by atoms with Crippen LogP contribution in [0, 0.1) is 0 Å². The second-order valence-corrected chi connectivity index (χ2v) is 8.25. The van der Waals surface area contributed by atoms with Crippen LogP contribution in [0.25, 0.3) is 0 Å². The average molecular weight is 472 g/mol. The first-order valence-electron chi connectivity index (χ1n) is 10.7. The Balaban J connectivity index is 1.97. The number of hydrogen-bond donors (Lipinski definition) is 1. The van der Waals surface area contributed by atoms with E-state index in [-0.39, 0.29) is 13.0 Å². The van der Waals surface area contributed by atoms with Gasteiger partial charge in [0.15, 0.2) is 17.9 Å². The van der Waals surface area contributed by atoms with Crippen LogP contribution in [0.15, 0.2) is 46.0 Å². The number of rotatable bonds is 5. The summed E-state index contributed by atoms with van der Waals surface area (Å²) in [5, 5.41) is 0. The van der Waals surface area contributed by atoms with E-state index >= 15 is 0 Å². The molecule has 2 aliphatic rings. The summed E-state index contributed by atoms with van der Waals surface area (Å²) in [7, 11) is 0. The van der Waals surface area contributed by atoms with E-state index in [1.807, 2.05) is 18.2 Å². The van der Waals surface area contributed by atoms with Gasteiger partial charge in [-0.05, 0) is 12.0 Å². The summed E-state index contributed by atoms with van der Waals surface area (Å²) in [6.45, 7) is 3.25. The van der Waals surface area contributed by atoms with Crippen LogP contribution in [-0.4, -0.2) is 52.4 Å². The highest BCUT2D eigenvalue weighted by atomic mass is 16.7. The first kappa shape index (κ1) is 23.4. The number of fused-ring (bicyclic) bond motifs is 2. The van der Waals surface area contributed by atoms with Crippen LogP contribution in [0.3, 0.4) is 0 Å². The lowest BCUT2D eigenvalue weighted by Crippen LogP contribution is -2.54. The number of nitrogens with one attached hydrogen (secondary N) is 1. The van der Waals surface area contributed by atoms with Gasteiger partial charge in [-0.3, -0.25) is 28.7 Å². The fourth-order valence-corrected chi connectivity index (χ4v) is 4.89.